The number of halogens is 3. The number of ether oxygens (including phenoxy) is 2. The highest BCUT2D eigenvalue weighted by Gasteiger charge is 2.15. The van der Waals surface area contributed by atoms with Crippen molar-refractivity contribution < 1.29 is 18.3 Å². The molecule has 0 aliphatic carbocycles. The molecular weight excluding hydrogens is 436 g/mol. The molecule has 2 aromatic heterocycles. The van der Waals surface area contributed by atoms with E-state index in [1.165, 1.54) is 17.7 Å². The number of nitrogens with zero attached hydrogens (tertiary/aromatic N) is 3. The fraction of sp³-hybridized carbons (Fsp3) is 0.211. The highest BCUT2D eigenvalue weighted by molar-refractivity contribution is 9.10. The Morgan fingerprint density at radius 2 is 2.04 bits per heavy atom. The molecule has 3 rings (SSSR count). The standard InChI is InChI=1S/C19H16BrF2N3O3/c1-11-8-25(9-14-5-6-23-19(24-14)27-2)18(26)16(20)17(11)28-10-12-3-4-13(21)7-15(12)22/h3-8H,9-10H2,1-2H3. The quantitative estimate of drug-likeness (QED) is 0.572. The summed E-state index contributed by atoms with van der Waals surface area (Å²) in [4.78, 5) is 20.8. The highest BCUT2D eigenvalue weighted by Crippen LogP contribution is 2.27. The van der Waals surface area contributed by atoms with Crippen molar-refractivity contribution in [1.29, 1.82) is 0 Å². The SMILES string of the molecule is COc1nccc(Cn2cc(C)c(OCc3ccc(F)cc3F)c(Br)c2=O)n1. The van der Waals surface area contributed by atoms with Crippen LogP contribution in [0.5, 0.6) is 11.8 Å². The van der Waals surface area contributed by atoms with Gasteiger partial charge in [0, 0.05) is 29.6 Å². The van der Waals surface area contributed by atoms with Crippen LogP contribution in [0.4, 0.5) is 8.78 Å². The third kappa shape index (κ3) is 4.36. The molecule has 28 heavy (non-hydrogen) atoms. The highest BCUT2D eigenvalue weighted by atomic mass is 79.9. The lowest BCUT2D eigenvalue weighted by molar-refractivity contribution is 0.294. The largest absolute Gasteiger partial charge is 0.487 e. The zero-order chi connectivity index (χ0) is 20.3. The van der Waals surface area contributed by atoms with Gasteiger partial charge >= 0.3 is 6.01 Å². The van der Waals surface area contributed by atoms with E-state index in [9.17, 15) is 13.6 Å². The van der Waals surface area contributed by atoms with Crippen LogP contribution < -0.4 is 15.0 Å². The average Bonchev–Trinajstić information content (AvgIpc) is 2.67. The molecular formula is C19H16BrF2N3O3. The van der Waals surface area contributed by atoms with Gasteiger partial charge in [-0.05, 0) is 41.1 Å². The smallest absolute Gasteiger partial charge is 0.316 e. The van der Waals surface area contributed by atoms with Crippen molar-refractivity contribution in [2.45, 2.75) is 20.1 Å². The fourth-order valence-corrected chi connectivity index (χ4v) is 3.22. The number of hydrogen-bond acceptors (Lipinski definition) is 5. The number of methoxy groups -OCH3 is 1. The van der Waals surface area contributed by atoms with Gasteiger partial charge in [0.25, 0.3) is 5.56 Å². The first-order valence-corrected chi connectivity index (χ1v) is 9.00. The molecule has 0 radical (unpaired) electrons. The summed E-state index contributed by atoms with van der Waals surface area (Å²) in [7, 11) is 1.46. The molecule has 0 spiro atoms. The Morgan fingerprint density at radius 3 is 2.75 bits per heavy atom. The van der Waals surface area contributed by atoms with Crippen molar-refractivity contribution >= 4 is 15.9 Å². The van der Waals surface area contributed by atoms with E-state index >= 15 is 0 Å². The molecule has 9 heteroatoms. The van der Waals surface area contributed by atoms with Gasteiger partial charge in [0.2, 0.25) is 0 Å². The van der Waals surface area contributed by atoms with Crippen molar-refractivity contribution in [1.82, 2.24) is 14.5 Å². The second-order valence-corrected chi connectivity index (χ2v) is 6.74. The van der Waals surface area contributed by atoms with E-state index in [2.05, 4.69) is 25.9 Å². The van der Waals surface area contributed by atoms with E-state index in [1.807, 2.05) is 0 Å². The van der Waals surface area contributed by atoms with Crippen LogP contribution in [0.3, 0.4) is 0 Å². The lowest BCUT2D eigenvalue weighted by Crippen LogP contribution is -2.23. The van der Waals surface area contributed by atoms with Gasteiger partial charge in [0.15, 0.2) is 0 Å². The third-order valence-electron chi connectivity index (χ3n) is 3.95. The Balaban J connectivity index is 1.84. The van der Waals surface area contributed by atoms with E-state index in [-0.39, 0.29) is 34.8 Å². The zero-order valence-corrected chi connectivity index (χ0v) is 16.7. The molecule has 0 aliphatic heterocycles. The zero-order valence-electron chi connectivity index (χ0n) is 15.1. The third-order valence-corrected chi connectivity index (χ3v) is 4.65. The Hall–Kier alpha value is -2.81. The molecule has 0 atom stereocenters. The van der Waals surface area contributed by atoms with E-state index in [0.29, 0.717) is 17.0 Å². The summed E-state index contributed by atoms with van der Waals surface area (Å²) in [5, 5.41) is 0. The topological polar surface area (TPSA) is 66.2 Å². The van der Waals surface area contributed by atoms with Crippen molar-refractivity contribution in [3.63, 3.8) is 0 Å². The summed E-state index contributed by atoms with van der Waals surface area (Å²) in [5.41, 5.74) is 1.11. The Labute approximate surface area is 167 Å². The maximum atomic E-state index is 13.8. The fourth-order valence-electron chi connectivity index (χ4n) is 2.57. The van der Waals surface area contributed by atoms with Crippen LogP contribution in [-0.4, -0.2) is 21.6 Å². The second kappa shape index (κ2) is 8.47. The maximum absolute atomic E-state index is 13.8. The molecule has 3 aromatic rings. The van der Waals surface area contributed by atoms with Gasteiger partial charge in [-0.1, -0.05) is 0 Å². The average molecular weight is 452 g/mol. The first-order chi connectivity index (χ1) is 13.4. The normalized spacial score (nSPS) is 10.8. The van der Waals surface area contributed by atoms with Gasteiger partial charge in [0.05, 0.1) is 19.3 Å². The van der Waals surface area contributed by atoms with Crippen LogP contribution in [0.1, 0.15) is 16.8 Å². The molecule has 0 bridgehead atoms. The monoisotopic (exact) mass is 451 g/mol. The van der Waals surface area contributed by atoms with E-state index < -0.39 is 11.6 Å². The van der Waals surface area contributed by atoms with Crippen molar-refractivity contribution in [3.05, 3.63) is 79.9 Å². The van der Waals surface area contributed by atoms with Gasteiger partial charge < -0.3 is 14.0 Å². The molecule has 0 aliphatic rings. The minimum Gasteiger partial charge on any atom is -0.487 e. The van der Waals surface area contributed by atoms with Crippen LogP contribution in [-0.2, 0) is 13.2 Å². The number of aryl methyl sites for hydroxylation is 1. The molecule has 0 saturated carbocycles. The molecule has 1 aromatic carbocycles. The minimum absolute atomic E-state index is 0.141. The summed E-state index contributed by atoms with van der Waals surface area (Å²) < 4.78 is 39.1. The van der Waals surface area contributed by atoms with Gasteiger partial charge in [0.1, 0.15) is 28.5 Å². The summed E-state index contributed by atoms with van der Waals surface area (Å²) in [5.74, 6) is -1.08. The van der Waals surface area contributed by atoms with Gasteiger partial charge in [-0.2, -0.15) is 4.98 Å². The minimum atomic E-state index is -0.708. The van der Waals surface area contributed by atoms with Crippen LogP contribution in [0, 0.1) is 18.6 Å². The first kappa shape index (κ1) is 19.9. The molecule has 0 unspecified atom stereocenters. The molecule has 0 fully saturated rings. The summed E-state index contributed by atoms with van der Waals surface area (Å²) in [6, 6.07) is 5.13. The van der Waals surface area contributed by atoms with E-state index in [4.69, 9.17) is 9.47 Å². The van der Waals surface area contributed by atoms with E-state index in [1.54, 1.807) is 25.4 Å². The molecule has 6 nitrogen and oxygen atoms in total. The Kier molecular flexibility index (Phi) is 6.03. The lowest BCUT2D eigenvalue weighted by atomic mass is 10.2. The second-order valence-electron chi connectivity index (χ2n) is 5.95. The predicted octanol–water partition coefficient (Wildman–Crippen LogP) is 3.62. The van der Waals surface area contributed by atoms with Crippen LogP contribution in [0.25, 0.3) is 0 Å². The molecule has 0 N–H and O–H groups in total. The summed E-state index contributed by atoms with van der Waals surface area (Å²) in [6.07, 6.45) is 3.17. The van der Waals surface area contributed by atoms with Crippen molar-refractivity contribution in [2.75, 3.05) is 7.11 Å². The number of benzene rings is 1. The van der Waals surface area contributed by atoms with Crippen LogP contribution in [0.2, 0.25) is 0 Å². The number of pyridine rings is 1. The number of aromatic nitrogens is 3. The van der Waals surface area contributed by atoms with Gasteiger partial charge in [-0.3, -0.25) is 4.79 Å². The Bertz CT molecular complexity index is 1070. The number of rotatable bonds is 6. The van der Waals surface area contributed by atoms with E-state index in [0.717, 1.165) is 12.1 Å². The van der Waals surface area contributed by atoms with Crippen LogP contribution >= 0.6 is 15.9 Å². The van der Waals surface area contributed by atoms with Gasteiger partial charge in [-0.25, -0.2) is 13.8 Å². The maximum Gasteiger partial charge on any atom is 0.316 e. The summed E-state index contributed by atoms with van der Waals surface area (Å²) >= 11 is 3.26. The first-order valence-electron chi connectivity index (χ1n) is 8.21. The van der Waals surface area contributed by atoms with Crippen molar-refractivity contribution in [3.8, 4) is 11.8 Å². The predicted molar refractivity (Wildman–Crippen MR) is 102 cm³/mol. The Morgan fingerprint density at radius 1 is 1.25 bits per heavy atom. The molecule has 0 amide bonds. The molecule has 2 heterocycles. The number of hydrogen-bond donors (Lipinski definition) is 0. The summed E-state index contributed by atoms with van der Waals surface area (Å²) in [6.45, 7) is 1.83. The lowest BCUT2D eigenvalue weighted by Gasteiger charge is -2.14. The molecule has 0 saturated heterocycles. The van der Waals surface area contributed by atoms with Crippen LogP contribution in [0.15, 0.2) is 45.9 Å². The van der Waals surface area contributed by atoms with Crippen molar-refractivity contribution in [2.24, 2.45) is 0 Å². The van der Waals surface area contributed by atoms with Gasteiger partial charge in [-0.15, -0.1) is 0 Å². The molecule has 146 valence electrons.